The Balaban J connectivity index is 0.00000261. The second kappa shape index (κ2) is 9.12. The van der Waals surface area contributed by atoms with Crippen molar-refractivity contribution in [1.82, 2.24) is 15.3 Å². The highest BCUT2D eigenvalue weighted by Gasteiger charge is 2.18. The molecule has 0 amide bonds. The molecule has 0 aliphatic heterocycles. The van der Waals surface area contributed by atoms with E-state index in [4.69, 9.17) is 0 Å². The van der Waals surface area contributed by atoms with Crippen LogP contribution >= 0.6 is 32.9 Å². The van der Waals surface area contributed by atoms with Crippen LogP contribution in [0.1, 0.15) is 11.1 Å². The quantitative estimate of drug-likeness (QED) is 0.389. The lowest BCUT2D eigenvalue weighted by Crippen LogP contribution is -2.38. The number of benzene rings is 2. The predicted octanol–water partition coefficient (Wildman–Crippen LogP) is 2.34. The lowest BCUT2D eigenvalue weighted by atomic mass is 10.1. The molecule has 4 N–H and O–H groups in total. The first-order valence-corrected chi connectivity index (χ1v) is 8.68. The van der Waals surface area contributed by atoms with Gasteiger partial charge in [0.1, 0.15) is 6.04 Å². The Morgan fingerprint density at radius 2 is 1.78 bits per heavy atom. The molecule has 142 valence electrons. The molecule has 3 aromatic rings. The number of H-pyrrole nitrogens is 2. The van der Waals surface area contributed by atoms with Crippen LogP contribution in [0.4, 0.5) is 0 Å². The largest absolute Gasteiger partial charge is 0.480 e. The molecule has 9 heteroatoms. The van der Waals surface area contributed by atoms with E-state index < -0.39 is 23.1 Å². The summed E-state index contributed by atoms with van der Waals surface area (Å²) in [7, 11) is 0. The summed E-state index contributed by atoms with van der Waals surface area (Å²) in [4.78, 5) is 39.8. The van der Waals surface area contributed by atoms with Crippen molar-refractivity contribution >= 4 is 49.9 Å². The van der Waals surface area contributed by atoms with Crippen molar-refractivity contribution < 1.29 is 9.90 Å². The van der Waals surface area contributed by atoms with Crippen molar-refractivity contribution in [3.63, 3.8) is 0 Å². The molecule has 3 rings (SSSR count). The maximum atomic E-state index is 11.6. The first-order valence-electron chi connectivity index (χ1n) is 7.89. The third-order valence-corrected chi connectivity index (χ3v) is 4.46. The summed E-state index contributed by atoms with van der Waals surface area (Å²) in [6, 6.07) is 12.0. The summed E-state index contributed by atoms with van der Waals surface area (Å²) in [5.74, 6) is -0.963. The first kappa shape index (κ1) is 21.1. The number of aromatic nitrogens is 2. The summed E-state index contributed by atoms with van der Waals surface area (Å²) in [6.45, 7) is 0.210. The Morgan fingerprint density at radius 3 is 2.44 bits per heavy atom. The Hall–Kier alpha value is -2.23. The first-order chi connectivity index (χ1) is 12.4. The minimum atomic E-state index is -0.963. The number of rotatable bonds is 6. The third kappa shape index (κ3) is 5.15. The van der Waals surface area contributed by atoms with Gasteiger partial charge in [0.05, 0.1) is 11.0 Å². The van der Waals surface area contributed by atoms with Gasteiger partial charge in [-0.3, -0.25) is 19.7 Å². The number of carbonyl (C=O) groups is 1. The lowest BCUT2D eigenvalue weighted by Gasteiger charge is -2.16. The van der Waals surface area contributed by atoms with E-state index in [-0.39, 0.29) is 23.5 Å². The monoisotopic (exact) mass is 497 g/mol. The van der Waals surface area contributed by atoms with Crippen molar-refractivity contribution in [3.8, 4) is 0 Å². The minimum absolute atomic E-state index is 0. The fraction of sp³-hybridized carbons (Fsp3) is 0.167. The van der Waals surface area contributed by atoms with Crippen LogP contribution in [-0.4, -0.2) is 27.1 Å². The van der Waals surface area contributed by atoms with Gasteiger partial charge < -0.3 is 15.1 Å². The van der Waals surface area contributed by atoms with Crippen LogP contribution in [-0.2, 0) is 17.8 Å². The van der Waals surface area contributed by atoms with Crippen LogP contribution in [0.25, 0.3) is 11.0 Å². The van der Waals surface area contributed by atoms with Gasteiger partial charge >= 0.3 is 17.1 Å². The van der Waals surface area contributed by atoms with Gasteiger partial charge in [0.2, 0.25) is 0 Å². The standard InChI is InChI=1S/C18H16BrN3O4.BrH/c19-12-7-11(15-13(8-12)21-16(23)17(24)22-15)9-20-14(18(25)26)6-10-4-2-1-3-5-10;/h1-5,7-8,14,20H,6,9H2,(H,21,23)(H,22,24)(H,25,26);1H/t14-;/m0./s1. The molecule has 0 fully saturated rings. The maximum Gasteiger partial charge on any atom is 0.321 e. The molecular weight excluding hydrogens is 482 g/mol. The van der Waals surface area contributed by atoms with E-state index in [0.29, 0.717) is 27.5 Å². The highest BCUT2D eigenvalue weighted by Crippen LogP contribution is 2.20. The molecule has 0 radical (unpaired) electrons. The van der Waals surface area contributed by atoms with Crippen molar-refractivity contribution in [1.29, 1.82) is 0 Å². The van der Waals surface area contributed by atoms with Gasteiger partial charge in [-0.25, -0.2) is 0 Å². The molecule has 0 spiro atoms. The number of nitrogens with one attached hydrogen (secondary N) is 3. The number of halogens is 2. The second-order valence-corrected chi connectivity index (χ2v) is 6.77. The Labute approximate surface area is 172 Å². The fourth-order valence-electron chi connectivity index (χ4n) is 2.73. The summed E-state index contributed by atoms with van der Waals surface area (Å²) in [5.41, 5.74) is 1.03. The van der Waals surface area contributed by atoms with Gasteiger partial charge in [-0.05, 0) is 29.7 Å². The molecule has 27 heavy (non-hydrogen) atoms. The predicted molar refractivity (Wildman–Crippen MR) is 112 cm³/mol. The number of aliphatic carboxylic acids is 1. The van der Waals surface area contributed by atoms with Gasteiger partial charge in [0, 0.05) is 11.0 Å². The number of carboxylic acids is 1. The van der Waals surface area contributed by atoms with Crippen molar-refractivity contribution in [2.45, 2.75) is 19.0 Å². The highest BCUT2D eigenvalue weighted by molar-refractivity contribution is 9.10. The van der Waals surface area contributed by atoms with Crippen LogP contribution in [0.5, 0.6) is 0 Å². The van der Waals surface area contributed by atoms with E-state index in [1.807, 2.05) is 30.3 Å². The Bertz CT molecular complexity index is 1060. The molecule has 1 heterocycles. The fourth-order valence-corrected chi connectivity index (χ4v) is 3.23. The second-order valence-electron chi connectivity index (χ2n) is 5.86. The van der Waals surface area contributed by atoms with Gasteiger partial charge in [0.25, 0.3) is 0 Å². The molecule has 0 bridgehead atoms. The Kier molecular flexibility index (Phi) is 7.11. The average Bonchev–Trinajstić information content (AvgIpc) is 2.60. The van der Waals surface area contributed by atoms with Gasteiger partial charge in [-0.1, -0.05) is 46.3 Å². The SMILES string of the molecule is Br.O=C(O)[C@H](Cc1ccccc1)NCc1cc(Br)cc2[nH]c(=O)c(=O)[nH]c12. The molecule has 0 saturated heterocycles. The number of carboxylic acid groups (broad SMARTS) is 1. The molecule has 0 saturated carbocycles. The van der Waals surface area contributed by atoms with E-state index in [1.54, 1.807) is 12.1 Å². The number of hydrogen-bond donors (Lipinski definition) is 4. The van der Waals surface area contributed by atoms with Crippen molar-refractivity contribution in [2.24, 2.45) is 0 Å². The van der Waals surface area contributed by atoms with Gasteiger partial charge in [-0.15, -0.1) is 17.0 Å². The van der Waals surface area contributed by atoms with Gasteiger partial charge in [0.15, 0.2) is 0 Å². The molecule has 7 nitrogen and oxygen atoms in total. The zero-order chi connectivity index (χ0) is 18.7. The normalized spacial score (nSPS) is 11.7. The zero-order valence-corrected chi connectivity index (χ0v) is 17.3. The van der Waals surface area contributed by atoms with E-state index >= 15 is 0 Å². The minimum Gasteiger partial charge on any atom is -0.480 e. The third-order valence-electron chi connectivity index (χ3n) is 4.00. The summed E-state index contributed by atoms with van der Waals surface area (Å²) in [5, 5.41) is 12.5. The maximum absolute atomic E-state index is 11.6. The van der Waals surface area contributed by atoms with Crippen LogP contribution in [0.15, 0.2) is 56.5 Å². The average molecular weight is 499 g/mol. The van der Waals surface area contributed by atoms with Crippen molar-refractivity contribution in [2.75, 3.05) is 0 Å². The molecule has 1 atom stereocenters. The molecule has 1 aromatic heterocycles. The molecule has 0 aliphatic rings. The highest BCUT2D eigenvalue weighted by atomic mass is 79.9. The summed E-state index contributed by atoms with van der Waals surface area (Å²) >= 11 is 3.36. The lowest BCUT2D eigenvalue weighted by molar-refractivity contribution is -0.139. The van der Waals surface area contributed by atoms with E-state index in [2.05, 4.69) is 31.2 Å². The summed E-state index contributed by atoms with van der Waals surface area (Å²) < 4.78 is 0.708. The molecule has 2 aromatic carbocycles. The van der Waals surface area contributed by atoms with E-state index in [9.17, 15) is 19.5 Å². The van der Waals surface area contributed by atoms with E-state index in [1.165, 1.54) is 0 Å². The number of hydrogen-bond acceptors (Lipinski definition) is 4. The molecule has 0 unspecified atom stereocenters. The topological polar surface area (TPSA) is 115 Å². The molecule has 0 aliphatic carbocycles. The smallest absolute Gasteiger partial charge is 0.321 e. The molecular formula is C18H17Br2N3O4. The Morgan fingerprint density at radius 1 is 1.11 bits per heavy atom. The van der Waals surface area contributed by atoms with Crippen LogP contribution in [0.2, 0.25) is 0 Å². The zero-order valence-electron chi connectivity index (χ0n) is 14.0. The van der Waals surface area contributed by atoms with Gasteiger partial charge in [-0.2, -0.15) is 0 Å². The van der Waals surface area contributed by atoms with Crippen LogP contribution in [0.3, 0.4) is 0 Å². The van der Waals surface area contributed by atoms with Crippen molar-refractivity contribution in [3.05, 3.63) is 78.8 Å². The van der Waals surface area contributed by atoms with Crippen LogP contribution < -0.4 is 16.4 Å². The number of fused-ring (bicyclic) bond motifs is 1. The van der Waals surface area contributed by atoms with Crippen LogP contribution in [0, 0.1) is 0 Å². The van der Waals surface area contributed by atoms with E-state index in [0.717, 1.165) is 5.56 Å². The number of aromatic amines is 2. The summed E-state index contributed by atoms with van der Waals surface area (Å²) in [6.07, 6.45) is 0.329.